The van der Waals surface area contributed by atoms with E-state index in [1.54, 1.807) is 6.20 Å². The van der Waals surface area contributed by atoms with Crippen molar-refractivity contribution in [3.8, 4) is 0 Å². The number of rotatable bonds is 3. The fraction of sp³-hybridized carbons (Fsp3) is 0.692. The number of hydrogen-bond acceptors (Lipinski definition) is 3. The summed E-state index contributed by atoms with van der Waals surface area (Å²) in [6.07, 6.45) is 9.00. The Labute approximate surface area is 100 Å². The van der Waals surface area contributed by atoms with Crippen LogP contribution in [0.2, 0.25) is 0 Å². The minimum atomic E-state index is -0.774. The molecule has 4 heteroatoms. The number of carboxylic acids is 1. The van der Waals surface area contributed by atoms with Crippen LogP contribution in [0.5, 0.6) is 0 Å². The van der Waals surface area contributed by atoms with Gasteiger partial charge in [0.05, 0.1) is 6.20 Å². The van der Waals surface area contributed by atoms with Crippen LogP contribution in [0.15, 0.2) is 10.6 Å². The summed E-state index contributed by atoms with van der Waals surface area (Å²) in [7, 11) is 0. The smallest absolute Gasteiger partial charge is 0.317 e. The number of nitrogens with zero attached hydrogens (tertiary/aromatic N) is 1. The summed E-state index contributed by atoms with van der Waals surface area (Å²) in [6.45, 7) is 0. The van der Waals surface area contributed by atoms with Gasteiger partial charge in [0, 0.05) is 5.92 Å². The second-order valence-corrected chi connectivity index (χ2v) is 5.28. The molecule has 4 nitrogen and oxygen atoms in total. The average Bonchev–Trinajstić information content (AvgIpc) is 3.02. The SMILES string of the molecule is O=C(O)C1(c2cnc(C3CCCCC3)o2)CC1. The first-order chi connectivity index (χ1) is 8.22. The van der Waals surface area contributed by atoms with Gasteiger partial charge in [0.2, 0.25) is 0 Å². The minimum absolute atomic E-state index is 0.405. The van der Waals surface area contributed by atoms with E-state index in [9.17, 15) is 9.90 Å². The van der Waals surface area contributed by atoms with Crippen molar-refractivity contribution in [3.63, 3.8) is 0 Å². The summed E-state index contributed by atoms with van der Waals surface area (Å²) in [5.41, 5.74) is -0.750. The lowest BCUT2D eigenvalue weighted by Gasteiger charge is -2.18. The van der Waals surface area contributed by atoms with Crippen LogP contribution in [-0.4, -0.2) is 16.1 Å². The van der Waals surface area contributed by atoms with Crippen molar-refractivity contribution in [2.24, 2.45) is 0 Å². The Hall–Kier alpha value is -1.32. The molecule has 1 aromatic rings. The van der Waals surface area contributed by atoms with E-state index in [-0.39, 0.29) is 0 Å². The first-order valence-electron chi connectivity index (χ1n) is 6.42. The zero-order valence-corrected chi connectivity index (χ0v) is 9.82. The first-order valence-corrected chi connectivity index (χ1v) is 6.42. The van der Waals surface area contributed by atoms with Crippen molar-refractivity contribution in [1.29, 1.82) is 0 Å². The van der Waals surface area contributed by atoms with Gasteiger partial charge >= 0.3 is 5.97 Å². The van der Waals surface area contributed by atoms with Gasteiger partial charge in [-0.1, -0.05) is 19.3 Å². The summed E-state index contributed by atoms with van der Waals surface area (Å²) < 4.78 is 5.72. The van der Waals surface area contributed by atoms with E-state index in [0.717, 1.165) is 18.7 Å². The molecule has 0 bridgehead atoms. The van der Waals surface area contributed by atoms with Crippen molar-refractivity contribution in [2.45, 2.75) is 56.3 Å². The van der Waals surface area contributed by atoms with E-state index in [4.69, 9.17) is 4.42 Å². The molecule has 2 aliphatic carbocycles. The molecule has 2 saturated carbocycles. The maximum Gasteiger partial charge on any atom is 0.317 e. The second kappa shape index (κ2) is 3.86. The molecule has 0 atom stereocenters. The van der Waals surface area contributed by atoms with Crippen molar-refractivity contribution in [2.75, 3.05) is 0 Å². The van der Waals surface area contributed by atoms with Gasteiger partial charge in [0.15, 0.2) is 5.89 Å². The van der Waals surface area contributed by atoms with Gasteiger partial charge in [-0.15, -0.1) is 0 Å². The van der Waals surface area contributed by atoms with Gasteiger partial charge in [-0.05, 0) is 25.7 Å². The molecule has 3 rings (SSSR count). The summed E-state index contributed by atoms with van der Waals surface area (Å²) in [6, 6.07) is 0. The molecule has 0 radical (unpaired) electrons. The summed E-state index contributed by atoms with van der Waals surface area (Å²) in [4.78, 5) is 15.5. The van der Waals surface area contributed by atoms with Crippen LogP contribution in [0.3, 0.4) is 0 Å². The van der Waals surface area contributed by atoms with Crippen molar-refractivity contribution >= 4 is 5.97 Å². The van der Waals surface area contributed by atoms with Crippen molar-refractivity contribution < 1.29 is 14.3 Å². The summed E-state index contributed by atoms with van der Waals surface area (Å²) >= 11 is 0. The van der Waals surface area contributed by atoms with Gasteiger partial charge in [0.25, 0.3) is 0 Å². The lowest BCUT2D eigenvalue weighted by molar-refractivity contribution is -0.140. The fourth-order valence-electron chi connectivity index (χ4n) is 2.74. The van der Waals surface area contributed by atoms with Crippen LogP contribution in [0, 0.1) is 0 Å². The van der Waals surface area contributed by atoms with Gasteiger partial charge in [-0.2, -0.15) is 0 Å². The third kappa shape index (κ3) is 1.75. The molecule has 0 unspecified atom stereocenters. The zero-order valence-electron chi connectivity index (χ0n) is 9.82. The van der Waals surface area contributed by atoms with E-state index in [1.807, 2.05) is 0 Å². The molecule has 17 heavy (non-hydrogen) atoms. The molecule has 92 valence electrons. The van der Waals surface area contributed by atoms with Crippen LogP contribution in [0.25, 0.3) is 0 Å². The van der Waals surface area contributed by atoms with Crippen LogP contribution < -0.4 is 0 Å². The lowest BCUT2D eigenvalue weighted by Crippen LogP contribution is -2.18. The maximum atomic E-state index is 11.2. The summed E-state index contributed by atoms with van der Waals surface area (Å²) in [5, 5.41) is 9.19. The lowest BCUT2D eigenvalue weighted by atomic mass is 9.89. The topological polar surface area (TPSA) is 63.3 Å². The van der Waals surface area contributed by atoms with Crippen LogP contribution in [0.4, 0.5) is 0 Å². The normalized spacial score (nSPS) is 23.5. The standard InChI is InChI=1S/C13H17NO3/c15-12(16)13(6-7-13)10-8-14-11(17-10)9-4-2-1-3-5-9/h8-9H,1-7H2,(H,15,16). The minimum Gasteiger partial charge on any atom is -0.480 e. The van der Waals surface area contributed by atoms with Crippen LogP contribution in [-0.2, 0) is 10.2 Å². The Morgan fingerprint density at radius 3 is 2.65 bits per heavy atom. The summed E-state index contributed by atoms with van der Waals surface area (Å²) in [5.74, 6) is 0.948. The molecule has 2 aliphatic rings. The van der Waals surface area contributed by atoms with Gasteiger partial charge in [-0.3, -0.25) is 4.79 Å². The first kappa shape index (κ1) is 10.8. The van der Waals surface area contributed by atoms with Crippen molar-refractivity contribution in [1.82, 2.24) is 4.98 Å². The Balaban J connectivity index is 1.80. The Bertz CT molecular complexity index is 428. The van der Waals surface area contributed by atoms with E-state index in [2.05, 4.69) is 4.98 Å². The Morgan fingerprint density at radius 2 is 2.06 bits per heavy atom. The van der Waals surface area contributed by atoms with E-state index < -0.39 is 11.4 Å². The highest BCUT2D eigenvalue weighted by atomic mass is 16.4. The largest absolute Gasteiger partial charge is 0.480 e. The number of aliphatic carboxylic acids is 1. The number of carbonyl (C=O) groups is 1. The zero-order chi connectivity index (χ0) is 11.9. The van der Waals surface area contributed by atoms with Gasteiger partial charge in [-0.25, -0.2) is 4.98 Å². The third-order valence-electron chi connectivity index (χ3n) is 4.11. The molecule has 1 aromatic heterocycles. The highest BCUT2D eigenvalue weighted by Gasteiger charge is 2.55. The average molecular weight is 235 g/mol. The quantitative estimate of drug-likeness (QED) is 0.875. The predicted molar refractivity (Wildman–Crippen MR) is 60.9 cm³/mol. The van der Waals surface area contributed by atoms with Crippen molar-refractivity contribution in [3.05, 3.63) is 17.8 Å². The second-order valence-electron chi connectivity index (χ2n) is 5.28. The Kier molecular flexibility index (Phi) is 2.45. The molecule has 1 N–H and O–H groups in total. The predicted octanol–water partition coefficient (Wildman–Crippen LogP) is 2.84. The highest BCUT2D eigenvalue weighted by Crippen LogP contribution is 2.49. The van der Waals surface area contributed by atoms with Crippen LogP contribution >= 0.6 is 0 Å². The van der Waals surface area contributed by atoms with E-state index in [0.29, 0.717) is 24.5 Å². The molecule has 0 saturated heterocycles. The van der Waals surface area contributed by atoms with E-state index >= 15 is 0 Å². The molecule has 0 spiro atoms. The van der Waals surface area contributed by atoms with Crippen LogP contribution in [0.1, 0.15) is 62.5 Å². The molecule has 0 aromatic carbocycles. The molecule has 1 heterocycles. The monoisotopic (exact) mass is 235 g/mol. The van der Waals surface area contributed by atoms with E-state index in [1.165, 1.54) is 19.3 Å². The highest BCUT2D eigenvalue weighted by molar-refractivity contribution is 5.83. The number of oxazole rings is 1. The molecule has 0 amide bonds. The Morgan fingerprint density at radius 1 is 1.35 bits per heavy atom. The molecule has 0 aliphatic heterocycles. The fourth-order valence-corrected chi connectivity index (χ4v) is 2.74. The number of carboxylic acid groups (broad SMARTS) is 1. The number of hydrogen-bond donors (Lipinski definition) is 1. The molecular weight excluding hydrogens is 218 g/mol. The van der Waals surface area contributed by atoms with Gasteiger partial charge in [0.1, 0.15) is 11.2 Å². The van der Waals surface area contributed by atoms with Gasteiger partial charge < -0.3 is 9.52 Å². The maximum absolute atomic E-state index is 11.2. The number of aromatic nitrogens is 1. The molecule has 2 fully saturated rings. The third-order valence-corrected chi connectivity index (χ3v) is 4.11. The molecular formula is C13H17NO3.